The lowest BCUT2D eigenvalue weighted by Gasteiger charge is -2.38. The topological polar surface area (TPSA) is 67.3 Å². The maximum Gasteiger partial charge on any atom is 0.333 e. The molecule has 1 saturated carbocycles. The number of aryl methyl sites for hydroxylation is 1. The lowest BCUT2D eigenvalue weighted by Crippen LogP contribution is -2.40. The number of aromatic amines is 1. The van der Waals surface area contributed by atoms with Gasteiger partial charge in [0.25, 0.3) is 5.56 Å². The highest BCUT2D eigenvalue weighted by Gasteiger charge is 2.53. The fourth-order valence-corrected chi connectivity index (χ4v) is 3.27. The zero-order chi connectivity index (χ0) is 18.6. The standard InChI is InChI=1S/C19H16FN3O3/c1-4-7-22-12(3)19(5-6-19)26-16-9-13(20)14(10-15(16)22)23-17(24)8-11(2)21-18(23)25/h1,8-10H,3,5-7H2,2H3,(H,21,25). The monoisotopic (exact) mass is 353 g/mol. The van der Waals surface area contributed by atoms with Crippen molar-refractivity contribution < 1.29 is 9.13 Å². The number of rotatable bonds is 2. The normalized spacial score (nSPS) is 16.8. The van der Waals surface area contributed by atoms with Crippen LogP contribution in [0.2, 0.25) is 0 Å². The van der Waals surface area contributed by atoms with Crippen molar-refractivity contribution in [3.63, 3.8) is 0 Å². The molecule has 0 unspecified atom stereocenters. The van der Waals surface area contributed by atoms with Crippen LogP contribution in [0.1, 0.15) is 18.5 Å². The Morgan fingerprint density at radius 1 is 1.35 bits per heavy atom. The first-order chi connectivity index (χ1) is 12.4. The van der Waals surface area contributed by atoms with E-state index >= 15 is 0 Å². The molecule has 1 fully saturated rings. The van der Waals surface area contributed by atoms with Crippen molar-refractivity contribution in [2.45, 2.75) is 25.4 Å². The molecule has 1 aliphatic heterocycles. The Bertz CT molecular complexity index is 1070. The first kappa shape index (κ1) is 16.2. The van der Waals surface area contributed by atoms with E-state index in [1.807, 2.05) is 0 Å². The van der Waals surface area contributed by atoms with Crippen molar-refractivity contribution >= 4 is 5.69 Å². The molecule has 26 heavy (non-hydrogen) atoms. The maximum absolute atomic E-state index is 14.7. The number of hydrogen-bond acceptors (Lipinski definition) is 4. The summed E-state index contributed by atoms with van der Waals surface area (Å²) in [4.78, 5) is 28.7. The summed E-state index contributed by atoms with van der Waals surface area (Å²) in [6, 6.07) is 3.81. The van der Waals surface area contributed by atoms with Gasteiger partial charge in [-0.2, -0.15) is 0 Å². The van der Waals surface area contributed by atoms with E-state index in [0.717, 1.165) is 17.4 Å². The van der Waals surface area contributed by atoms with Gasteiger partial charge in [0.2, 0.25) is 0 Å². The molecule has 1 aromatic carbocycles. The molecule has 1 aliphatic carbocycles. The van der Waals surface area contributed by atoms with Gasteiger partial charge >= 0.3 is 5.69 Å². The first-order valence-corrected chi connectivity index (χ1v) is 8.12. The molecular weight excluding hydrogens is 337 g/mol. The Hall–Kier alpha value is -3.27. The highest BCUT2D eigenvalue weighted by Crippen LogP contribution is 2.54. The van der Waals surface area contributed by atoms with Crippen LogP contribution in [0.5, 0.6) is 5.75 Å². The minimum absolute atomic E-state index is 0.167. The Labute approximate surface area is 148 Å². The molecule has 0 atom stereocenters. The van der Waals surface area contributed by atoms with Crippen LogP contribution < -0.4 is 20.9 Å². The van der Waals surface area contributed by atoms with Crippen LogP contribution in [0.15, 0.2) is 40.1 Å². The average Bonchev–Trinajstić information content (AvgIpc) is 3.33. The molecule has 0 radical (unpaired) electrons. The molecule has 1 N–H and O–H groups in total. The Balaban J connectivity index is 1.94. The summed E-state index contributed by atoms with van der Waals surface area (Å²) in [7, 11) is 0. The summed E-state index contributed by atoms with van der Waals surface area (Å²) in [6.45, 7) is 5.88. The number of aromatic nitrogens is 2. The van der Waals surface area contributed by atoms with E-state index in [1.165, 1.54) is 18.2 Å². The van der Waals surface area contributed by atoms with Gasteiger partial charge in [-0.05, 0) is 25.8 Å². The Morgan fingerprint density at radius 3 is 2.69 bits per heavy atom. The highest BCUT2D eigenvalue weighted by atomic mass is 19.1. The van der Waals surface area contributed by atoms with Crippen LogP contribution in [0.25, 0.3) is 5.69 Å². The molecule has 2 aromatic rings. The first-order valence-electron chi connectivity index (χ1n) is 8.12. The molecule has 0 amide bonds. The zero-order valence-corrected chi connectivity index (χ0v) is 14.1. The van der Waals surface area contributed by atoms with Crippen molar-refractivity contribution in [1.29, 1.82) is 0 Å². The summed E-state index contributed by atoms with van der Waals surface area (Å²) in [6.07, 6.45) is 7.04. The zero-order valence-electron chi connectivity index (χ0n) is 14.1. The Kier molecular flexibility index (Phi) is 3.34. The van der Waals surface area contributed by atoms with Crippen molar-refractivity contribution in [1.82, 2.24) is 9.55 Å². The quantitative estimate of drug-likeness (QED) is 0.837. The third kappa shape index (κ3) is 2.26. The predicted octanol–water partition coefficient (Wildman–Crippen LogP) is 1.85. The van der Waals surface area contributed by atoms with Crippen molar-refractivity contribution in [3.8, 4) is 23.8 Å². The second kappa shape index (κ2) is 5.36. The van der Waals surface area contributed by atoms with E-state index in [9.17, 15) is 14.0 Å². The van der Waals surface area contributed by atoms with Gasteiger partial charge in [-0.15, -0.1) is 6.42 Å². The third-order valence-electron chi connectivity index (χ3n) is 4.74. The molecule has 1 spiro atoms. The molecule has 7 heteroatoms. The summed E-state index contributed by atoms with van der Waals surface area (Å²) < 4.78 is 21.4. The van der Waals surface area contributed by atoms with Crippen LogP contribution in [0, 0.1) is 25.1 Å². The van der Waals surface area contributed by atoms with Crippen LogP contribution in [0.3, 0.4) is 0 Å². The number of nitrogens with zero attached hydrogens (tertiary/aromatic N) is 2. The minimum Gasteiger partial charge on any atom is -0.479 e. The number of hydrogen-bond donors (Lipinski definition) is 1. The van der Waals surface area contributed by atoms with Gasteiger partial charge in [0.05, 0.1) is 23.6 Å². The second-order valence-corrected chi connectivity index (χ2v) is 6.54. The highest BCUT2D eigenvalue weighted by molar-refractivity contribution is 5.70. The van der Waals surface area contributed by atoms with E-state index in [1.54, 1.807) is 11.8 Å². The molecular formula is C19H16FN3O3. The molecule has 132 valence electrons. The van der Waals surface area contributed by atoms with Gasteiger partial charge in [0.15, 0.2) is 5.82 Å². The summed E-state index contributed by atoms with van der Waals surface area (Å²) >= 11 is 0. The van der Waals surface area contributed by atoms with Gasteiger partial charge in [-0.25, -0.2) is 13.8 Å². The number of fused-ring (bicyclic) bond motifs is 1. The van der Waals surface area contributed by atoms with E-state index in [-0.39, 0.29) is 12.2 Å². The van der Waals surface area contributed by atoms with E-state index in [2.05, 4.69) is 17.5 Å². The molecule has 0 saturated heterocycles. The molecule has 0 bridgehead atoms. The lowest BCUT2D eigenvalue weighted by atomic mass is 10.1. The molecule has 1 aromatic heterocycles. The van der Waals surface area contributed by atoms with Crippen LogP contribution in [0.4, 0.5) is 10.1 Å². The lowest BCUT2D eigenvalue weighted by molar-refractivity contribution is 0.203. The van der Waals surface area contributed by atoms with Gasteiger partial charge < -0.3 is 14.6 Å². The van der Waals surface area contributed by atoms with E-state index in [4.69, 9.17) is 11.2 Å². The predicted molar refractivity (Wildman–Crippen MR) is 95.3 cm³/mol. The smallest absolute Gasteiger partial charge is 0.333 e. The summed E-state index contributed by atoms with van der Waals surface area (Å²) in [5.41, 5.74) is -0.458. The molecule has 4 rings (SSSR count). The fraction of sp³-hybridized carbons (Fsp3) is 0.263. The Morgan fingerprint density at radius 2 is 2.08 bits per heavy atom. The largest absolute Gasteiger partial charge is 0.479 e. The van der Waals surface area contributed by atoms with Crippen LogP contribution in [-0.2, 0) is 0 Å². The second-order valence-electron chi connectivity index (χ2n) is 6.54. The number of benzene rings is 1. The molecule has 2 heterocycles. The average molecular weight is 353 g/mol. The SMILES string of the molecule is C#CCN1C(=C)C2(CC2)Oc2cc(F)c(-n3c(=O)cc(C)[nH]c3=O)cc21. The van der Waals surface area contributed by atoms with Crippen molar-refractivity contribution in [2.75, 3.05) is 11.4 Å². The third-order valence-corrected chi connectivity index (χ3v) is 4.74. The number of anilines is 1. The number of halogens is 1. The van der Waals surface area contributed by atoms with Gasteiger partial charge in [0.1, 0.15) is 11.4 Å². The fourth-order valence-electron chi connectivity index (χ4n) is 3.27. The van der Waals surface area contributed by atoms with Gasteiger partial charge in [-0.1, -0.05) is 12.5 Å². The van der Waals surface area contributed by atoms with Gasteiger partial charge in [-0.3, -0.25) is 4.79 Å². The van der Waals surface area contributed by atoms with Crippen LogP contribution in [-0.4, -0.2) is 21.7 Å². The van der Waals surface area contributed by atoms with E-state index < -0.39 is 22.7 Å². The summed E-state index contributed by atoms with van der Waals surface area (Å²) in [5.74, 6) is 2.15. The number of terminal acetylenes is 1. The van der Waals surface area contributed by atoms with E-state index in [0.29, 0.717) is 22.8 Å². The maximum atomic E-state index is 14.7. The number of ether oxygens (including phenoxy) is 1. The molecule has 6 nitrogen and oxygen atoms in total. The van der Waals surface area contributed by atoms with Gasteiger partial charge in [0, 0.05) is 17.8 Å². The number of nitrogens with one attached hydrogen (secondary N) is 1. The summed E-state index contributed by atoms with van der Waals surface area (Å²) in [5, 5.41) is 0. The number of H-pyrrole nitrogens is 1. The van der Waals surface area contributed by atoms with Crippen LogP contribution >= 0.6 is 0 Å². The molecule has 2 aliphatic rings. The van der Waals surface area contributed by atoms with Crippen molar-refractivity contribution in [3.05, 3.63) is 62.8 Å². The minimum atomic E-state index is -0.732. The van der Waals surface area contributed by atoms with Crippen molar-refractivity contribution in [2.24, 2.45) is 0 Å².